The molecule has 0 fully saturated rings. The van der Waals surface area contributed by atoms with Crippen molar-refractivity contribution in [1.29, 1.82) is 0 Å². The van der Waals surface area contributed by atoms with E-state index in [1.807, 2.05) is 0 Å². The van der Waals surface area contributed by atoms with E-state index in [-0.39, 0.29) is 12.6 Å². The minimum Gasteiger partial charge on any atom is -0.395 e. The lowest BCUT2D eigenvalue weighted by Crippen LogP contribution is -2.43. The van der Waals surface area contributed by atoms with Crippen molar-refractivity contribution in [3.05, 3.63) is 0 Å². The Bertz CT molecular complexity index is 261. The van der Waals surface area contributed by atoms with Gasteiger partial charge in [0.1, 0.15) is 0 Å². The van der Waals surface area contributed by atoms with Gasteiger partial charge in [-0.05, 0) is 19.4 Å². The molecule has 0 aliphatic heterocycles. The number of hydrogen-bond donors (Lipinski definition) is 3. The molecule has 2 atom stereocenters. The van der Waals surface area contributed by atoms with Gasteiger partial charge in [0.2, 0.25) is 0 Å². The molecule has 0 aliphatic carbocycles. The first kappa shape index (κ1) is 25.9. The van der Waals surface area contributed by atoms with E-state index in [0.29, 0.717) is 0 Å². The molecule has 3 heteroatoms. The first-order valence-electron chi connectivity index (χ1n) is 11.8. The largest absolute Gasteiger partial charge is 0.395 e. The van der Waals surface area contributed by atoms with E-state index < -0.39 is 6.10 Å². The van der Waals surface area contributed by atoms with Gasteiger partial charge in [-0.2, -0.15) is 0 Å². The van der Waals surface area contributed by atoms with E-state index in [9.17, 15) is 10.2 Å². The van der Waals surface area contributed by atoms with Crippen molar-refractivity contribution < 1.29 is 10.2 Å². The monoisotopic (exact) mass is 371 g/mol. The van der Waals surface area contributed by atoms with Crippen LogP contribution in [0, 0.1) is 0 Å². The zero-order chi connectivity index (χ0) is 19.3. The Morgan fingerprint density at radius 3 is 1.50 bits per heavy atom. The maximum absolute atomic E-state index is 10.2. The molecule has 0 amide bonds. The van der Waals surface area contributed by atoms with Crippen LogP contribution >= 0.6 is 0 Å². The zero-order valence-electron chi connectivity index (χ0n) is 18.0. The van der Waals surface area contributed by atoms with Crippen LogP contribution in [0.5, 0.6) is 0 Å². The summed E-state index contributed by atoms with van der Waals surface area (Å²) < 4.78 is 0. The standard InChI is InChI=1S/C23H49NO2/c1-3-5-7-8-9-10-11-12-13-14-15-16-17-19-23(26)22(21-25)24-20-18-6-4-2/h22-26H,3-21H2,1-2H3/t22-,23+/m0/s1. The lowest BCUT2D eigenvalue weighted by Gasteiger charge is -2.22. The van der Waals surface area contributed by atoms with E-state index in [4.69, 9.17) is 0 Å². The van der Waals surface area contributed by atoms with Gasteiger partial charge >= 0.3 is 0 Å². The van der Waals surface area contributed by atoms with Gasteiger partial charge in [-0.3, -0.25) is 0 Å². The minimum atomic E-state index is -0.408. The third kappa shape index (κ3) is 17.3. The molecule has 0 saturated heterocycles. The molecule has 0 spiro atoms. The van der Waals surface area contributed by atoms with Crippen LogP contribution in [-0.2, 0) is 0 Å². The molecule has 0 saturated carbocycles. The van der Waals surface area contributed by atoms with Crippen LogP contribution in [0.25, 0.3) is 0 Å². The van der Waals surface area contributed by atoms with Crippen molar-refractivity contribution in [2.75, 3.05) is 13.2 Å². The third-order valence-electron chi connectivity index (χ3n) is 5.45. The quantitative estimate of drug-likeness (QED) is 0.218. The molecule has 0 radical (unpaired) electrons. The lowest BCUT2D eigenvalue weighted by atomic mass is 10.0. The molecule has 26 heavy (non-hydrogen) atoms. The molecule has 0 aromatic heterocycles. The van der Waals surface area contributed by atoms with Crippen molar-refractivity contribution in [2.24, 2.45) is 0 Å². The predicted octanol–water partition coefficient (Wildman–Crippen LogP) is 5.97. The van der Waals surface area contributed by atoms with E-state index in [0.717, 1.165) is 25.8 Å². The van der Waals surface area contributed by atoms with Gasteiger partial charge in [-0.15, -0.1) is 0 Å². The lowest BCUT2D eigenvalue weighted by molar-refractivity contribution is 0.0811. The van der Waals surface area contributed by atoms with Crippen LogP contribution in [0.1, 0.15) is 123 Å². The Morgan fingerprint density at radius 1 is 0.615 bits per heavy atom. The van der Waals surface area contributed by atoms with Gasteiger partial charge in [0.15, 0.2) is 0 Å². The molecular weight excluding hydrogens is 322 g/mol. The van der Waals surface area contributed by atoms with Crippen LogP contribution in [0.15, 0.2) is 0 Å². The number of rotatable bonds is 21. The second-order valence-corrected chi connectivity index (χ2v) is 8.05. The topological polar surface area (TPSA) is 52.5 Å². The Kier molecular flexibility index (Phi) is 21.1. The maximum atomic E-state index is 10.2. The smallest absolute Gasteiger partial charge is 0.0715 e. The molecule has 158 valence electrons. The fraction of sp³-hybridized carbons (Fsp3) is 1.00. The number of hydrogen-bond acceptors (Lipinski definition) is 3. The molecule has 0 rings (SSSR count). The summed E-state index contributed by atoms with van der Waals surface area (Å²) in [5.41, 5.74) is 0. The zero-order valence-corrected chi connectivity index (χ0v) is 18.0. The first-order chi connectivity index (χ1) is 12.8. The molecule has 0 unspecified atom stereocenters. The van der Waals surface area contributed by atoms with Crippen molar-refractivity contribution in [1.82, 2.24) is 5.32 Å². The fourth-order valence-corrected chi connectivity index (χ4v) is 3.56. The minimum absolute atomic E-state index is 0.0335. The van der Waals surface area contributed by atoms with Crippen LogP contribution < -0.4 is 5.32 Å². The average Bonchev–Trinajstić information content (AvgIpc) is 2.65. The van der Waals surface area contributed by atoms with Gasteiger partial charge in [-0.1, -0.05) is 110 Å². The number of aliphatic hydroxyl groups excluding tert-OH is 2. The van der Waals surface area contributed by atoms with Gasteiger partial charge in [-0.25, -0.2) is 0 Å². The second kappa shape index (κ2) is 21.2. The van der Waals surface area contributed by atoms with E-state index >= 15 is 0 Å². The number of nitrogens with one attached hydrogen (secondary N) is 1. The SMILES string of the molecule is CCCCCCCCCCCCCCC[C@@H](O)[C@H](CO)NCCCCC. The summed E-state index contributed by atoms with van der Waals surface area (Å²) in [4.78, 5) is 0. The summed E-state index contributed by atoms with van der Waals surface area (Å²) in [6.45, 7) is 5.39. The van der Waals surface area contributed by atoms with Gasteiger partial charge < -0.3 is 15.5 Å². The number of aliphatic hydroxyl groups is 2. The van der Waals surface area contributed by atoms with E-state index in [1.165, 1.54) is 89.9 Å². The summed E-state index contributed by atoms with van der Waals surface area (Å²) >= 11 is 0. The Morgan fingerprint density at radius 2 is 1.04 bits per heavy atom. The molecular formula is C23H49NO2. The second-order valence-electron chi connectivity index (χ2n) is 8.05. The van der Waals surface area contributed by atoms with Crippen molar-refractivity contribution >= 4 is 0 Å². The Labute approximate surface area is 164 Å². The highest BCUT2D eigenvalue weighted by atomic mass is 16.3. The van der Waals surface area contributed by atoms with Crippen molar-refractivity contribution in [3.63, 3.8) is 0 Å². The molecule has 3 N–H and O–H groups in total. The normalized spacial score (nSPS) is 13.8. The highest BCUT2D eigenvalue weighted by Gasteiger charge is 2.16. The molecule has 0 aliphatic rings. The van der Waals surface area contributed by atoms with Gasteiger partial charge in [0.25, 0.3) is 0 Å². The molecule has 0 heterocycles. The van der Waals surface area contributed by atoms with Crippen molar-refractivity contribution in [3.8, 4) is 0 Å². The summed E-state index contributed by atoms with van der Waals surface area (Å²) in [5.74, 6) is 0. The maximum Gasteiger partial charge on any atom is 0.0715 e. The van der Waals surface area contributed by atoms with Crippen LogP contribution in [-0.4, -0.2) is 35.5 Å². The van der Waals surface area contributed by atoms with Crippen LogP contribution in [0.2, 0.25) is 0 Å². The molecule has 0 aromatic rings. The fourth-order valence-electron chi connectivity index (χ4n) is 3.56. The summed E-state index contributed by atoms with van der Waals surface area (Å²) in [5, 5.41) is 23.0. The summed E-state index contributed by atoms with van der Waals surface area (Å²) in [7, 11) is 0. The molecule has 0 aromatic carbocycles. The van der Waals surface area contributed by atoms with Gasteiger partial charge in [0.05, 0.1) is 18.8 Å². The van der Waals surface area contributed by atoms with Crippen molar-refractivity contribution in [2.45, 2.75) is 135 Å². The van der Waals surface area contributed by atoms with Crippen LogP contribution in [0.3, 0.4) is 0 Å². The van der Waals surface area contributed by atoms with Crippen LogP contribution in [0.4, 0.5) is 0 Å². The number of unbranched alkanes of at least 4 members (excludes halogenated alkanes) is 14. The molecule has 3 nitrogen and oxygen atoms in total. The Hall–Kier alpha value is -0.120. The summed E-state index contributed by atoms with van der Waals surface area (Å²) in [6, 6.07) is -0.149. The highest BCUT2D eigenvalue weighted by molar-refractivity contribution is 4.74. The van der Waals surface area contributed by atoms with Gasteiger partial charge in [0, 0.05) is 0 Å². The van der Waals surface area contributed by atoms with E-state index in [2.05, 4.69) is 19.2 Å². The Balaban J connectivity index is 3.36. The predicted molar refractivity (Wildman–Crippen MR) is 115 cm³/mol. The third-order valence-corrected chi connectivity index (χ3v) is 5.45. The first-order valence-corrected chi connectivity index (χ1v) is 11.8. The molecule has 0 bridgehead atoms. The summed E-state index contributed by atoms with van der Waals surface area (Å²) in [6.07, 6.45) is 21.5. The highest BCUT2D eigenvalue weighted by Crippen LogP contribution is 2.14. The average molecular weight is 372 g/mol. The van der Waals surface area contributed by atoms with E-state index in [1.54, 1.807) is 0 Å².